The van der Waals surface area contributed by atoms with Crippen molar-refractivity contribution in [3.05, 3.63) is 23.8 Å². The Morgan fingerprint density at radius 3 is 2.53 bits per heavy atom. The Morgan fingerprint density at radius 2 is 2.00 bits per heavy atom. The topological polar surface area (TPSA) is 64.3 Å². The Hall–Kier alpha value is -1.71. The summed E-state index contributed by atoms with van der Waals surface area (Å²) in [6.45, 7) is 7.43. The molecular formula is C15H24N2O2. The summed E-state index contributed by atoms with van der Waals surface area (Å²) in [5.74, 6) is 1.07. The van der Waals surface area contributed by atoms with Crippen LogP contribution in [-0.2, 0) is 0 Å². The first kappa shape index (κ1) is 15.3. The molecule has 1 rings (SSSR count). The van der Waals surface area contributed by atoms with E-state index < -0.39 is 0 Å². The molecule has 1 aromatic carbocycles. The van der Waals surface area contributed by atoms with Crippen molar-refractivity contribution in [1.29, 1.82) is 0 Å². The van der Waals surface area contributed by atoms with Crippen LogP contribution in [0.2, 0.25) is 0 Å². The van der Waals surface area contributed by atoms with Crippen LogP contribution in [0.1, 0.15) is 44.0 Å². The molecule has 0 atom stereocenters. The number of benzene rings is 1. The van der Waals surface area contributed by atoms with Gasteiger partial charge in [-0.1, -0.05) is 26.7 Å². The second-order valence-corrected chi connectivity index (χ2v) is 4.58. The van der Waals surface area contributed by atoms with E-state index in [1.165, 1.54) is 0 Å². The lowest BCUT2D eigenvalue weighted by molar-refractivity contribution is 0.0946. The van der Waals surface area contributed by atoms with Gasteiger partial charge in [0.25, 0.3) is 5.91 Å². The van der Waals surface area contributed by atoms with Crippen LogP contribution in [0.15, 0.2) is 18.2 Å². The minimum atomic E-state index is -0.0818. The van der Waals surface area contributed by atoms with Gasteiger partial charge in [-0.25, -0.2) is 0 Å². The normalized spacial score (nSPS) is 10.5. The predicted molar refractivity (Wildman–Crippen MR) is 78.4 cm³/mol. The van der Waals surface area contributed by atoms with Crippen molar-refractivity contribution in [3.8, 4) is 5.75 Å². The van der Waals surface area contributed by atoms with Gasteiger partial charge in [0.15, 0.2) is 0 Å². The largest absolute Gasteiger partial charge is 0.492 e. The molecule has 0 aliphatic carbocycles. The number of rotatable bonds is 7. The van der Waals surface area contributed by atoms with Crippen molar-refractivity contribution in [2.75, 3.05) is 18.9 Å². The maximum Gasteiger partial charge on any atom is 0.251 e. The van der Waals surface area contributed by atoms with E-state index in [2.05, 4.69) is 19.2 Å². The van der Waals surface area contributed by atoms with Crippen molar-refractivity contribution in [1.82, 2.24) is 5.32 Å². The Labute approximate surface area is 115 Å². The molecule has 0 aliphatic heterocycles. The molecule has 1 amide bonds. The summed E-state index contributed by atoms with van der Waals surface area (Å²) in [5.41, 5.74) is 6.92. The average Bonchev–Trinajstić information content (AvgIpc) is 2.42. The van der Waals surface area contributed by atoms with E-state index in [0.29, 0.717) is 36.1 Å². The first-order chi connectivity index (χ1) is 9.12. The van der Waals surface area contributed by atoms with E-state index in [4.69, 9.17) is 10.5 Å². The van der Waals surface area contributed by atoms with Crippen LogP contribution in [0.3, 0.4) is 0 Å². The van der Waals surface area contributed by atoms with Gasteiger partial charge < -0.3 is 15.8 Å². The Kier molecular flexibility index (Phi) is 6.19. The van der Waals surface area contributed by atoms with Crippen molar-refractivity contribution < 1.29 is 9.53 Å². The van der Waals surface area contributed by atoms with Gasteiger partial charge >= 0.3 is 0 Å². The minimum absolute atomic E-state index is 0.0818. The van der Waals surface area contributed by atoms with E-state index >= 15 is 0 Å². The first-order valence-electron chi connectivity index (χ1n) is 6.92. The zero-order chi connectivity index (χ0) is 14.3. The predicted octanol–water partition coefficient (Wildman–Crippen LogP) is 2.83. The van der Waals surface area contributed by atoms with Crippen LogP contribution < -0.4 is 15.8 Å². The van der Waals surface area contributed by atoms with Crippen LogP contribution in [-0.4, -0.2) is 19.1 Å². The lowest BCUT2D eigenvalue weighted by atomic mass is 10.0. The molecule has 0 aromatic heterocycles. The molecule has 0 bridgehead atoms. The third-order valence-electron chi connectivity index (χ3n) is 3.28. The quantitative estimate of drug-likeness (QED) is 0.744. The zero-order valence-corrected chi connectivity index (χ0v) is 12.0. The maximum absolute atomic E-state index is 12.0. The highest BCUT2D eigenvalue weighted by atomic mass is 16.5. The molecular weight excluding hydrogens is 240 g/mol. The molecule has 0 saturated heterocycles. The highest BCUT2D eigenvalue weighted by molar-refractivity contribution is 5.95. The molecule has 4 nitrogen and oxygen atoms in total. The monoisotopic (exact) mass is 264 g/mol. The molecule has 0 saturated carbocycles. The molecule has 0 radical (unpaired) electrons. The first-order valence-corrected chi connectivity index (χ1v) is 6.92. The van der Waals surface area contributed by atoms with Gasteiger partial charge in [0.2, 0.25) is 0 Å². The number of carbonyl (C=O) groups is 1. The summed E-state index contributed by atoms with van der Waals surface area (Å²) < 4.78 is 5.35. The van der Waals surface area contributed by atoms with Gasteiger partial charge in [-0.15, -0.1) is 0 Å². The summed E-state index contributed by atoms with van der Waals surface area (Å²) in [6.07, 6.45) is 2.14. The van der Waals surface area contributed by atoms with Gasteiger partial charge in [-0.2, -0.15) is 0 Å². The highest BCUT2D eigenvalue weighted by Gasteiger charge is 2.10. The summed E-state index contributed by atoms with van der Waals surface area (Å²) in [5, 5.41) is 2.94. The fourth-order valence-corrected chi connectivity index (χ4v) is 1.89. The van der Waals surface area contributed by atoms with Crippen LogP contribution in [0.4, 0.5) is 5.69 Å². The SMILES string of the molecule is CCOc1ccc(C(=O)NCC(CC)CC)cc1N. The van der Waals surface area contributed by atoms with E-state index in [1.54, 1.807) is 18.2 Å². The number of nitrogen functional groups attached to an aromatic ring is 1. The van der Waals surface area contributed by atoms with Crippen LogP contribution >= 0.6 is 0 Å². The van der Waals surface area contributed by atoms with Crippen molar-refractivity contribution in [2.24, 2.45) is 5.92 Å². The molecule has 0 fully saturated rings. The van der Waals surface area contributed by atoms with E-state index in [1.807, 2.05) is 6.92 Å². The van der Waals surface area contributed by atoms with E-state index in [9.17, 15) is 4.79 Å². The molecule has 0 aliphatic rings. The van der Waals surface area contributed by atoms with Crippen LogP contribution in [0.25, 0.3) is 0 Å². The number of nitrogens with two attached hydrogens (primary N) is 1. The number of ether oxygens (including phenoxy) is 1. The van der Waals surface area contributed by atoms with Crippen LogP contribution in [0.5, 0.6) is 5.75 Å². The fraction of sp³-hybridized carbons (Fsp3) is 0.533. The maximum atomic E-state index is 12.0. The zero-order valence-electron chi connectivity index (χ0n) is 12.0. The number of anilines is 1. The van der Waals surface area contributed by atoms with Gasteiger partial charge in [0.05, 0.1) is 12.3 Å². The number of hydrogen-bond donors (Lipinski definition) is 2. The lowest BCUT2D eigenvalue weighted by Gasteiger charge is -2.14. The smallest absolute Gasteiger partial charge is 0.251 e. The molecule has 0 unspecified atom stereocenters. The molecule has 1 aromatic rings. The minimum Gasteiger partial charge on any atom is -0.492 e. The molecule has 19 heavy (non-hydrogen) atoms. The number of amides is 1. The van der Waals surface area contributed by atoms with Gasteiger partial charge in [-0.3, -0.25) is 4.79 Å². The summed E-state index contributed by atoms with van der Waals surface area (Å²) in [7, 11) is 0. The number of nitrogens with one attached hydrogen (secondary N) is 1. The standard InChI is InChI=1S/C15H24N2O2/c1-4-11(5-2)10-17-15(18)12-7-8-14(19-6-3)13(16)9-12/h7-9,11H,4-6,10,16H2,1-3H3,(H,17,18). The third kappa shape index (κ3) is 4.47. The van der Waals surface area contributed by atoms with Crippen molar-refractivity contribution in [2.45, 2.75) is 33.6 Å². The molecule has 106 valence electrons. The van der Waals surface area contributed by atoms with Crippen LogP contribution in [0, 0.1) is 5.92 Å². The number of carbonyl (C=O) groups excluding carboxylic acids is 1. The Bertz CT molecular complexity index is 415. The van der Waals surface area contributed by atoms with Gasteiger partial charge in [0.1, 0.15) is 5.75 Å². The second kappa shape index (κ2) is 7.67. The summed E-state index contributed by atoms with van der Waals surface area (Å²) >= 11 is 0. The average molecular weight is 264 g/mol. The van der Waals surface area contributed by atoms with Crippen molar-refractivity contribution in [3.63, 3.8) is 0 Å². The summed E-state index contributed by atoms with van der Waals surface area (Å²) in [4.78, 5) is 12.0. The second-order valence-electron chi connectivity index (χ2n) is 4.58. The summed E-state index contributed by atoms with van der Waals surface area (Å²) in [6, 6.07) is 5.14. The molecule has 4 heteroatoms. The molecule has 0 heterocycles. The van der Waals surface area contributed by atoms with E-state index in [-0.39, 0.29) is 5.91 Å². The Balaban J connectivity index is 2.64. The van der Waals surface area contributed by atoms with Gasteiger partial charge in [0, 0.05) is 12.1 Å². The third-order valence-corrected chi connectivity index (χ3v) is 3.28. The van der Waals surface area contributed by atoms with Gasteiger partial charge in [-0.05, 0) is 31.0 Å². The van der Waals surface area contributed by atoms with Crippen molar-refractivity contribution >= 4 is 11.6 Å². The fourth-order valence-electron chi connectivity index (χ4n) is 1.89. The lowest BCUT2D eigenvalue weighted by Crippen LogP contribution is -2.28. The highest BCUT2D eigenvalue weighted by Crippen LogP contribution is 2.22. The number of hydrogen-bond acceptors (Lipinski definition) is 3. The van der Waals surface area contributed by atoms with E-state index in [0.717, 1.165) is 12.8 Å². The Morgan fingerprint density at radius 1 is 1.32 bits per heavy atom. The molecule has 3 N–H and O–H groups in total. The molecule has 0 spiro atoms.